The van der Waals surface area contributed by atoms with Crippen LogP contribution in [0.3, 0.4) is 0 Å². The van der Waals surface area contributed by atoms with Gasteiger partial charge in [0.2, 0.25) is 0 Å². The van der Waals surface area contributed by atoms with Gasteiger partial charge in [-0.1, -0.05) is 18.2 Å². The summed E-state index contributed by atoms with van der Waals surface area (Å²) in [6, 6.07) is 4.89. The van der Waals surface area contributed by atoms with E-state index in [1.54, 1.807) is 24.3 Å². The minimum absolute atomic E-state index is 0.0185. The highest BCUT2D eigenvalue weighted by molar-refractivity contribution is 5.53. The fourth-order valence-corrected chi connectivity index (χ4v) is 1.02. The van der Waals surface area contributed by atoms with Gasteiger partial charge in [0.1, 0.15) is 5.75 Å². The van der Waals surface area contributed by atoms with Crippen LogP contribution in [0.2, 0.25) is 0 Å². The molecule has 3 N–H and O–H groups in total. The average molecular weight is 180 g/mol. The Morgan fingerprint density at radius 2 is 2.00 bits per heavy atom. The van der Waals surface area contributed by atoms with E-state index in [-0.39, 0.29) is 19.0 Å². The molecule has 0 atom stereocenters. The molecule has 0 aliphatic heterocycles. The normalized spacial score (nSPS) is 10.9. The molecule has 0 saturated carbocycles. The van der Waals surface area contributed by atoms with Gasteiger partial charge in [0, 0.05) is 5.56 Å². The maximum atomic E-state index is 9.23. The van der Waals surface area contributed by atoms with Crippen LogP contribution in [0.1, 0.15) is 11.1 Å². The van der Waals surface area contributed by atoms with E-state index >= 15 is 0 Å². The summed E-state index contributed by atoms with van der Waals surface area (Å²) in [5.74, 6) is 0.0867. The van der Waals surface area contributed by atoms with Gasteiger partial charge in [-0.2, -0.15) is 0 Å². The van der Waals surface area contributed by atoms with Crippen molar-refractivity contribution in [3.63, 3.8) is 0 Å². The molecule has 0 fully saturated rings. The third kappa shape index (κ3) is 2.57. The van der Waals surface area contributed by atoms with Crippen molar-refractivity contribution in [2.45, 2.75) is 6.61 Å². The molecule has 0 aliphatic rings. The van der Waals surface area contributed by atoms with Gasteiger partial charge in [-0.15, -0.1) is 0 Å². The molecule has 0 unspecified atom stereocenters. The molecule has 0 bridgehead atoms. The Morgan fingerprint density at radius 3 is 2.62 bits per heavy atom. The maximum Gasteiger partial charge on any atom is 0.121 e. The van der Waals surface area contributed by atoms with Crippen molar-refractivity contribution >= 4 is 6.08 Å². The SMILES string of the molecule is OCC=Cc1ccc(O)c(CO)c1. The van der Waals surface area contributed by atoms with E-state index in [1.807, 2.05) is 0 Å². The second-order valence-corrected chi connectivity index (χ2v) is 2.63. The molecule has 0 aromatic heterocycles. The van der Waals surface area contributed by atoms with E-state index in [0.717, 1.165) is 5.56 Å². The van der Waals surface area contributed by atoms with E-state index in [0.29, 0.717) is 5.56 Å². The number of benzene rings is 1. The number of aromatic hydroxyl groups is 1. The predicted octanol–water partition coefficient (Wildman–Crippen LogP) is 0.890. The van der Waals surface area contributed by atoms with Crippen molar-refractivity contribution in [3.8, 4) is 5.75 Å². The molecule has 1 aromatic rings. The lowest BCUT2D eigenvalue weighted by atomic mass is 10.1. The molecular weight excluding hydrogens is 168 g/mol. The van der Waals surface area contributed by atoms with Crippen LogP contribution in [0.25, 0.3) is 6.08 Å². The summed E-state index contributed by atoms with van der Waals surface area (Å²) in [6.45, 7) is -0.206. The van der Waals surface area contributed by atoms with Crippen molar-refractivity contribution in [2.24, 2.45) is 0 Å². The third-order valence-corrected chi connectivity index (χ3v) is 1.69. The Labute approximate surface area is 76.6 Å². The molecule has 3 heteroatoms. The van der Waals surface area contributed by atoms with Crippen molar-refractivity contribution in [2.75, 3.05) is 6.61 Å². The summed E-state index contributed by atoms with van der Waals surface area (Å²) < 4.78 is 0. The lowest BCUT2D eigenvalue weighted by Crippen LogP contribution is -1.85. The molecule has 0 saturated heterocycles. The Kier molecular flexibility index (Phi) is 3.49. The summed E-state index contributed by atoms with van der Waals surface area (Å²) in [6.07, 6.45) is 3.31. The monoisotopic (exact) mass is 180 g/mol. The van der Waals surface area contributed by atoms with Crippen LogP contribution in [0.5, 0.6) is 5.75 Å². The molecule has 3 nitrogen and oxygen atoms in total. The van der Waals surface area contributed by atoms with Crippen LogP contribution in [-0.2, 0) is 6.61 Å². The van der Waals surface area contributed by atoms with Crippen molar-refractivity contribution < 1.29 is 15.3 Å². The van der Waals surface area contributed by atoms with Gasteiger partial charge >= 0.3 is 0 Å². The molecular formula is C10H12O3. The molecule has 0 heterocycles. The third-order valence-electron chi connectivity index (χ3n) is 1.69. The molecule has 0 amide bonds. The number of aliphatic hydroxyl groups is 2. The Morgan fingerprint density at radius 1 is 1.23 bits per heavy atom. The van der Waals surface area contributed by atoms with Gasteiger partial charge in [0.05, 0.1) is 13.2 Å². The molecule has 0 radical (unpaired) electrons. The second kappa shape index (κ2) is 4.64. The zero-order chi connectivity index (χ0) is 9.68. The molecule has 0 spiro atoms. The standard InChI is InChI=1S/C10H12O3/c11-5-1-2-8-3-4-10(13)9(6-8)7-12/h1-4,6,11-13H,5,7H2. The number of phenols is 1. The van der Waals surface area contributed by atoms with Crippen LogP contribution >= 0.6 is 0 Å². The lowest BCUT2D eigenvalue weighted by molar-refractivity contribution is 0.275. The Hall–Kier alpha value is -1.32. The van der Waals surface area contributed by atoms with Crippen LogP contribution in [-0.4, -0.2) is 21.9 Å². The molecule has 0 aliphatic carbocycles. The van der Waals surface area contributed by atoms with E-state index in [1.165, 1.54) is 6.07 Å². The van der Waals surface area contributed by atoms with Gasteiger partial charge in [0.15, 0.2) is 0 Å². The molecule has 13 heavy (non-hydrogen) atoms. The van der Waals surface area contributed by atoms with Crippen molar-refractivity contribution in [1.82, 2.24) is 0 Å². The largest absolute Gasteiger partial charge is 0.508 e. The van der Waals surface area contributed by atoms with Gasteiger partial charge in [0.25, 0.3) is 0 Å². The topological polar surface area (TPSA) is 60.7 Å². The maximum absolute atomic E-state index is 9.23. The lowest BCUT2D eigenvalue weighted by Gasteiger charge is -2.01. The van der Waals surface area contributed by atoms with E-state index in [9.17, 15) is 5.11 Å². The summed E-state index contributed by atoms with van der Waals surface area (Å²) in [5.41, 5.74) is 1.33. The summed E-state index contributed by atoms with van der Waals surface area (Å²) in [5, 5.41) is 26.6. The first-order chi connectivity index (χ1) is 6.27. The Bertz CT molecular complexity index is 305. The summed E-state index contributed by atoms with van der Waals surface area (Å²) in [4.78, 5) is 0. The number of hydrogen-bond acceptors (Lipinski definition) is 3. The van der Waals surface area contributed by atoms with Gasteiger partial charge in [-0.05, 0) is 17.7 Å². The zero-order valence-electron chi connectivity index (χ0n) is 7.14. The van der Waals surface area contributed by atoms with E-state index < -0.39 is 0 Å². The average Bonchev–Trinajstić information content (AvgIpc) is 2.16. The van der Waals surface area contributed by atoms with Crippen molar-refractivity contribution in [1.29, 1.82) is 0 Å². The zero-order valence-corrected chi connectivity index (χ0v) is 7.14. The highest BCUT2D eigenvalue weighted by Gasteiger charge is 1.98. The van der Waals surface area contributed by atoms with Gasteiger partial charge in [-0.25, -0.2) is 0 Å². The first kappa shape index (κ1) is 9.77. The minimum atomic E-state index is -0.188. The van der Waals surface area contributed by atoms with E-state index in [2.05, 4.69) is 0 Å². The molecule has 1 rings (SSSR count). The van der Waals surface area contributed by atoms with Crippen molar-refractivity contribution in [3.05, 3.63) is 35.4 Å². The number of rotatable bonds is 3. The summed E-state index contributed by atoms with van der Waals surface area (Å²) in [7, 11) is 0. The Balaban J connectivity index is 2.92. The van der Waals surface area contributed by atoms with Crippen LogP contribution in [0.4, 0.5) is 0 Å². The molecule has 1 aromatic carbocycles. The predicted molar refractivity (Wildman–Crippen MR) is 50.1 cm³/mol. The first-order valence-corrected chi connectivity index (χ1v) is 3.98. The van der Waals surface area contributed by atoms with E-state index in [4.69, 9.17) is 10.2 Å². The first-order valence-electron chi connectivity index (χ1n) is 3.98. The van der Waals surface area contributed by atoms with Gasteiger partial charge < -0.3 is 15.3 Å². The summed E-state index contributed by atoms with van der Waals surface area (Å²) >= 11 is 0. The minimum Gasteiger partial charge on any atom is -0.508 e. The highest BCUT2D eigenvalue weighted by Crippen LogP contribution is 2.18. The van der Waals surface area contributed by atoms with Crippen LogP contribution in [0.15, 0.2) is 24.3 Å². The number of hydrogen-bond donors (Lipinski definition) is 3. The van der Waals surface area contributed by atoms with Crippen LogP contribution < -0.4 is 0 Å². The number of aliphatic hydroxyl groups excluding tert-OH is 2. The smallest absolute Gasteiger partial charge is 0.121 e. The fourth-order valence-electron chi connectivity index (χ4n) is 1.02. The fraction of sp³-hybridized carbons (Fsp3) is 0.200. The quantitative estimate of drug-likeness (QED) is 0.647. The van der Waals surface area contributed by atoms with Crippen LogP contribution in [0, 0.1) is 0 Å². The highest BCUT2D eigenvalue weighted by atomic mass is 16.3. The second-order valence-electron chi connectivity index (χ2n) is 2.63. The molecule has 70 valence electrons. The van der Waals surface area contributed by atoms with Gasteiger partial charge in [-0.3, -0.25) is 0 Å².